The van der Waals surface area contributed by atoms with Gasteiger partial charge in [-0.1, -0.05) is 48.5 Å². The number of amides is 1. The van der Waals surface area contributed by atoms with Crippen LogP contribution in [0.1, 0.15) is 16.1 Å². The molecule has 0 unspecified atom stereocenters. The Kier molecular flexibility index (Phi) is 5.97. The largest absolute Gasteiger partial charge is 0.349 e. The number of anilines is 1. The summed E-state index contributed by atoms with van der Waals surface area (Å²) >= 11 is 0. The third kappa shape index (κ3) is 5.03. The number of aromatic nitrogens is 2. The fourth-order valence-electron chi connectivity index (χ4n) is 3.95. The van der Waals surface area contributed by atoms with Gasteiger partial charge in [0.15, 0.2) is 0 Å². The first kappa shape index (κ1) is 22.6. The summed E-state index contributed by atoms with van der Waals surface area (Å²) in [5.41, 5.74) is 3.80. The molecule has 0 aliphatic carbocycles. The molecule has 0 saturated carbocycles. The maximum atomic E-state index is 12.8. The predicted octanol–water partition coefficient (Wildman–Crippen LogP) is 5.85. The van der Waals surface area contributed by atoms with Gasteiger partial charge in [0.1, 0.15) is 0 Å². The monoisotopic (exact) mass is 481 g/mol. The summed E-state index contributed by atoms with van der Waals surface area (Å²) in [5.74, 6) is 0.553. The van der Waals surface area contributed by atoms with Crippen LogP contribution in [0.3, 0.4) is 0 Å². The van der Waals surface area contributed by atoms with Crippen molar-refractivity contribution in [1.29, 1.82) is 0 Å². The van der Waals surface area contributed by atoms with E-state index in [2.05, 4.69) is 15.3 Å². The predicted molar refractivity (Wildman–Crippen MR) is 138 cm³/mol. The molecule has 7 nitrogen and oxygen atoms in total. The van der Waals surface area contributed by atoms with Crippen LogP contribution < -0.4 is 5.32 Å². The number of pyridine rings is 2. The highest BCUT2D eigenvalue weighted by Crippen LogP contribution is 2.38. The van der Waals surface area contributed by atoms with E-state index in [9.17, 15) is 19.1 Å². The van der Waals surface area contributed by atoms with Crippen molar-refractivity contribution in [1.82, 2.24) is 9.97 Å². The molecule has 0 atom stereocenters. The number of nitrogens with one attached hydrogen (secondary N) is 1. The molecule has 3 aromatic carbocycles. The van der Waals surface area contributed by atoms with Gasteiger partial charge in [-0.25, -0.2) is 4.98 Å². The highest BCUT2D eigenvalue weighted by atomic mass is 31.2. The molecule has 0 fully saturated rings. The van der Waals surface area contributed by atoms with Gasteiger partial charge in [-0.3, -0.25) is 14.3 Å². The van der Waals surface area contributed by atoms with Crippen molar-refractivity contribution in [2.24, 2.45) is 0 Å². The molecule has 0 radical (unpaired) electrons. The third-order valence-corrected chi connectivity index (χ3v) is 6.05. The van der Waals surface area contributed by atoms with Gasteiger partial charge in [0.25, 0.3) is 5.91 Å². The first-order chi connectivity index (χ1) is 16.9. The van der Waals surface area contributed by atoms with Crippen molar-refractivity contribution >= 4 is 46.9 Å². The van der Waals surface area contributed by atoms with E-state index in [4.69, 9.17) is 0 Å². The van der Waals surface area contributed by atoms with Gasteiger partial charge in [0, 0.05) is 34.8 Å². The first-order valence-corrected chi connectivity index (χ1v) is 12.4. The zero-order chi connectivity index (χ0) is 24.4. The molecule has 0 aliphatic rings. The lowest BCUT2D eigenvalue weighted by Crippen LogP contribution is -2.12. The lowest BCUT2D eigenvalue weighted by Gasteiger charge is -2.14. The number of hydrogen-bond donors (Lipinski definition) is 3. The topological polar surface area (TPSA) is 112 Å². The SMILES string of the molecule is O=C(Nc1cc(-c2cccc3ccccc23)c2nc(/C=C/P(=O)(O)O)ccc2c1)c1cccnc1. The molecule has 35 heavy (non-hydrogen) atoms. The van der Waals surface area contributed by atoms with Crippen LogP contribution in [0.5, 0.6) is 0 Å². The summed E-state index contributed by atoms with van der Waals surface area (Å²) in [4.78, 5) is 39.9. The Hall–Kier alpha value is -4.16. The molecule has 1 amide bonds. The Bertz CT molecular complexity index is 1640. The molecule has 0 saturated heterocycles. The second kappa shape index (κ2) is 9.24. The van der Waals surface area contributed by atoms with Gasteiger partial charge >= 0.3 is 7.60 Å². The number of fused-ring (bicyclic) bond motifs is 2. The van der Waals surface area contributed by atoms with E-state index in [0.29, 0.717) is 22.5 Å². The van der Waals surface area contributed by atoms with E-state index in [-0.39, 0.29) is 5.91 Å². The molecule has 8 heteroatoms. The van der Waals surface area contributed by atoms with E-state index in [0.717, 1.165) is 33.1 Å². The average molecular weight is 481 g/mol. The Balaban J connectivity index is 1.69. The fourth-order valence-corrected chi connectivity index (χ4v) is 4.30. The smallest absolute Gasteiger partial charge is 0.322 e. The van der Waals surface area contributed by atoms with E-state index < -0.39 is 7.60 Å². The second-order valence-electron chi connectivity index (χ2n) is 7.96. The van der Waals surface area contributed by atoms with Crippen LogP contribution in [0.15, 0.2) is 97.1 Å². The zero-order valence-corrected chi connectivity index (χ0v) is 19.3. The van der Waals surface area contributed by atoms with Crippen molar-refractivity contribution in [3.8, 4) is 11.1 Å². The maximum Gasteiger partial charge on any atom is 0.349 e. The van der Waals surface area contributed by atoms with E-state index in [1.54, 1.807) is 24.4 Å². The normalized spacial score (nSPS) is 11.8. The average Bonchev–Trinajstić information content (AvgIpc) is 2.87. The lowest BCUT2D eigenvalue weighted by molar-refractivity contribution is 0.102. The fraction of sp³-hybridized carbons (Fsp3) is 0. The minimum Gasteiger partial charge on any atom is -0.322 e. The second-order valence-corrected chi connectivity index (χ2v) is 9.44. The van der Waals surface area contributed by atoms with Gasteiger partial charge in [-0.15, -0.1) is 0 Å². The molecule has 0 spiro atoms. The van der Waals surface area contributed by atoms with Crippen LogP contribution >= 0.6 is 7.60 Å². The summed E-state index contributed by atoms with van der Waals surface area (Å²) in [5, 5.41) is 5.79. The molecular formula is C27H20N3O4P. The quantitative estimate of drug-likeness (QED) is 0.272. The molecule has 2 aromatic heterocycles. The number of benzene rings is 3. The number of carbonyl (C=O) groups is 1. The van der Waals surface area contributed by atoms with Crippen LogP contribution in [0.25, 0.3) is 38.9 Å². The van der Waals surface area contributed by atoms with E-state index in [1.807, 2.05) is 60.7 Å². The molecule has 2 heterocycles. The summed E-state index contributed by atoms with van der Waals surface area (Å²) in [6, 6.07) is 24.5. The number of rotatable bonds is 5. The lowest BCUT2D eigenvalue weighted by atomic mass is 9.95. The third-order valence-electron chi connectivity index (χ3n) is 5.51. The molecule has 5 rings (SSSR count). The van der Waals surface area contributed by atoms with Crippen molar-refractivity contribution in [2.75, 3.05) is 5.32 Å². The van der Waals surface area contributed by atoms with Gasteiger partial charge in [-0.2, -0.15) is 0 Å². The molecule has 0 bridgehead atoms. The van der Waals surface area contributed by atoms with Gasteiger partial charge in [0.05, 0.1) is 16.8 Å². The van der Waals surface area contributed by atoms with Gasteiger partial charge in [-0.05, 0) is 52.7 Å². The van der Waals surface area contributed by atoms with E-state index >= 15 is 0 Å². The van der Waals surface area contributed by atoms with Crippen molar-refractivity contribution in [2.45, 2.75) is 0 Å². The standard InChI is InChI=1S/C27H20N3O4P/c31-27(20-7-4-13-28-17-20)30-22-15-19-10-11-21(12-14-35(32,33)34)29-26(19)25(16-22)24-9-3-6-18-5-1-2-8-23(18)24/h1-17H,(H,30,31)(H2,32,33,34)/b14-12+. The maximum absolute atomic E-state index is 12.8. The summed E-state index contributed by atoms with van der Waals surface area (Å²) in [6.07, 6.45) is 4.42. The highest BCUT2D eigenvalue weighted by molar-refractivity contribution is 7.55. The number of nitrogens with zero attached hydrogens (tertiary/aromatic N) is 2. The van der Waals surface area contributed by atoms with Gasteiger partial charge < -0.3 is 15.1 Å². The van der Waals surface area contributed by atoms with Crippen LogP contribution in [0.2, 0.25) is 0 Å². The molecular weight excluding hydrogens is 461 g/mol. The zero-order valence-electron chi connectivity index (χ0n) is 18.4. The van der Waals surface area contributed by atoms with E-state index in [1.165, 1.54) is 12.3 Å². The molecule has 5 aromatic rings. The van der Waals surface area contributed by atoms with Gasteiger partial charge in [0.2, 0.25) is 0 Å². The minimum atomic E-state index is -4.32. The Morgan fingerprint density at radius 3 is 2.51 bits per heavy atom. The molecule has 0 aliphatic heterocycles. The van der Waals surface area contributed by atoms with Crippen molar-refractivity contribution in [3.05, 3.63) is 108 Å². The van der Waals surface area contributed by atoms with Crippen LogP contribution in [-0.2, 0) is 4.57 Å². The van der Waals surface area contributed by atoms with Crippen LogP contribution in [0.4, 0.5) is 5.69 Å². The summed E-state index contributed by atoms with van der Waals surface area (Å²) in [6.45, 7) is 0. The minimum absolute atomic E-state index is 0.282. The Morgan fingerprint density at radius 1 is 0.886 bits per heavy atom. The number of carbonyl (C=O) groups excluding carboxylic acids is 1. The van der Waals surface area contributed by atoms with Crippen LogP contribution in [-0.4, -0.2) is 25.7 Å². The van der Waals surface area contributed by atoms with Crippen molar-refractivity contribution < 1.29 is 19.1 Å². The molecule has 3 N–H and O–H groups in total. The number of hydrogen-bond acceptors (Lipinski definition) is 4. The summed E-state index contributed by atoms with van der Waals surface area (Å²) < 4.78 is 11.3. The highest BCUT2D eigenvalue weighted by Gasteiger charge is 2.14. The van der Waals surface area contributed by atoms with Crippen molar-refractivity contribution in [3.63, 3.8) is 0 Å². The summed E-state index contributed by atoms with van der Waals surface area (Å²) in [7, 11) is -4.32. The molecule has 172 valence electrons. The Labute approximate surface area is 201 Å². The first-order valence-electron chi connectivity index (χ1n) is 10.8. The Morgan fingerprint density at radius 2 is 1.71 bits per heavy atom. The van der Waals surface area contributed by atoms with Crippen LogP contribution in [0, 0.1) is 0 Å².